The first-order chi connectivity index (χ1) is 7.24. The Morgan fingerprint density at radius 2 is 2.33 bits per heavy atom. The monoisotopic (exact) mass is 202 g/mol. The normalized spacial score (nSPS) is 19.8. The Morgan fingerprint density at radius 3 is 3.00 bits per heavy atom. The minimum absolute atomic E-state index is 0.602. The van der Waals surface area contributed by atoms with Gasteiger partial charge in [-0.2, -0.15) is 0 Å². The predicted octanol–water partition coefficient (Wildman–Crippen LogP) is 1.95. The molecule has 3 N–H and O–H groups in total. The molecule has 0 aromatic heterocycles. The smallest absolute Gasteiger partial charge is 0.0922 e. The second kappa shape index (κ2) is 4.39. The maximum atomic E-state index is 5.67. The zero-order chi connectivity index (χ0) is 10.7. The average Bonchev–Trinajstić information content (AvgIpc) is 2.62. The average molecular weight is 202 g/mol. The maximum Gasteiger partial charge on any atom is 0.0922 e. The van der Waals surface area contributed by atoms with Crippen LogP contribution in [-0.4, -0.2) is 6.54 Å². The highest BCUT2D eigenvalue weighted by Crippen LogP contribution is 2.15. The minimum Gasteiger partial charge on any atom is -0.386 e. The third-order valence-electron chi connectivity index (χ3n) is 2.87. The molecule has 0 fully saturated rings. The van der Waals surface area contributed by atoms with Crippen LogP contribution in [-0.2, 0) is 6.42 Å². The Balaban J connectivity index is 1.88. The zero-order valence-electron chi connectivity index (χ0n) is 9.16. The van der Waals surface area contributed by atoms with E-state index in [0.717, 1.165) is 18.8 Å². The van der Waals surface area contributed by atoms with Gasteiger partial charge in [-0.3, -0.25) is 0 Å². The molecular weight excluding hydrogens is 184 g/mol. The highest BCUT2D eigenvalue weighted by Gasteiger charge is 2.12. The summed E-state index contributed by atoms with van der Waals surface area (Å²) in [5.74, 6) is 1.44. The standard InChI is InChI=1S/C13H18N2/c1-10-3-2-4-11(7-10)5-6-12-8-13(14)15-9-12/h2-4,7-8,12,15H,5-6,9,14H2,1H3/t12-/m0/s1. The first-order valence-electron chi connectivity index (χ1n) is 5.51. The fraction of sp³-hybridized carbons (Fsp3) is 0.385. The number of nitrogens with one attached hydrogen (secondary N) is 1. The lowest BCUT2D eigenvalue weighted by Crippen LogP contribution is -2.16. The summed E-state index contributed by atoms with van der Waals surface area (Å²) < 4.78 is 0. The Bertz CT molecular complexity index is 369. The van der Waals surface area contributed by atoms with Crippen molar-refractivity contribution in [3.8, 4) is 0 Å². The van der Waals surface area contributed by atoms with Crippen LogP contribution in [0, 0.1) is 12.8 Å². The van der Waals surface area contributed by atoms with Crippen LogP contribution >= 0.6 is 0 Å². The van der Waals surface area contributed by atoms with E-state index < -0.39 is 0 Å². The summed E-state index contributed by atoms with van der Waals surface area (Å²) in [5.41, 5.74) is 8.43. The second-order valence-corrected chi connectivity index (χ2v) is 4.29. The number of benzene rings is 1. The molecule has 0 saturated heterocycles. The van der Waals surface area contributed by atoms with Gasteiger partial charge in [0.05, 0.1) is 5.82 Å². The van der Waals surface area contributed by atoms with E-state index in [9.17, 15) is 0 Å². The van der Waals surface area contributed by atoms with Gasteiger partial charge in [-0.1, -0.05) is 29.8 Å². The molecule has 1 aromatic rings. The molecule has 0 bridgehead atoms. The van der Waals surface area contributed by atoms with E-state index in [2.05, 4.69) is 42.6 Å². The molecule has 0 radical (unpaired) electrons. The molecule has 0 amide bonds. The van der Waals surface area contributed by atoms with Gasteiger partial charge < -0.3 is 11.1 Å². The van der Waals surface area contributed by atoms with E-state index in [0.29, 0.717) is 5.92 Å². The Hall–Kier alpha value is -1.44. The Morgan fingerprint density at radius 1 is 1.47 bits per heavy atom. The van der Waals surface area contributed by atoms with Crippen LogP contribution in [0.3, 0.4) is 0 Å². The molecule has 0 saturated carbocycles. The van der Waals surface area contributed by atoms with Crippen molar-refractivity contribution in [3.05, 3.63) is 47.3 Å². The quantitative estimate of drug-likeness (QED) is 0.786. The highest BCUT2D eigenvalue weighted by atomic mass is 15.0. The Labute approximate surface area is 91.2 Å². The summed E-state index contributed by atoms with van der Waals surface area (Å²) in [5, 5.41) is 3.16. The van der Waals surface area contributed by atoms with Crippen LogP contribution in [0.2, 0.25) is 0 Å². The lowest BCUT2D eigenvalue weighted by atomic mass is 9.99. The van der Waals surface area contributed by atoms with Gasteiger partial charge in [0.2, 0.25) is 0 Å². The first kappa shape index (κ1) is 10.1. The van der Waals surface area contributed by atoms with Crippen molar-refractivity contribution in [1.29, 1.82) is 0 Å². The molecule has 1 atom stereocenters. The van der Waals surface area contributed by atoms with Crippen LogP contribution in [0.1, 0.15) is 17.5 Å². The molecule has 2 nitrogen and oxygen atoms in total. The topological polar surface area (TPSA) is 38.0 Å². The van der Waals surface area contributed by atoms with Gasteiger partial charge in [-0.25, -0.2) is 0 Å². The summed E-state index contributed by atoms with van der Waals surface area (Å²) in [6, 6.07) is 8.72. The van der Waals surface area contributed by atoms with Crippen molar-refractivity contribution in [1.82, 2.24) is 5.32 Å². The minimum atomic E-state index is 0.602. The SMILES string of the molecule is Cc1cccc(CC[C@H]2C=C(N)NC2)c1. The fourth-order valence-electron chi connectivity index (χ4n) is 2.03. The van der Waals surface area contributed by atoms with E-state index in [1.807, 2.05) is 0 Å². The van der Waals surface area contributed by atoms with Crippen molar-refractivity contribution in [2.75, 3.05) is 6.54 Å². The van der Waals surface area contributed by atoms with Crippen molar-refractivity contribution in [2.24, 2.45) is 11.7 Å². The summed E-state index contributed by atoms with van der Waals surface area (Å²) in [6.45, 7) is 3.14. The van der Waals surface area contributed by atoms with Crippen LogP contribution in [0.25, 0.3) is 0 Å². The number of nitrogens with two attached hydrogens (primary N) is 1. The van der Waals surface area contributed by atoms with Crippen LogP contribution in [0.15, 0.2) is 36.2 Å². The molecule has 1 aliphatic heterocycles. The summed E-state index contributed by atoms with van der Waals surface area (Å²) >= 11 is 0. The molecule has 80 valence electrons. The van der Waals surface area contributed by atoms with Crippen LogP contribution in [0.5, 0.6) is 0 Å². The number of aryl methyl sites for hydroxylation is 2. The molecule has 2 rings (SSSR count). The van der Waals surface area contributed by atoms with Crippen LogP contribution in [0.4, 0.5) is 0 Å². The van der Waals surface area contributed by atoms with Crippen molar-refractivity contribution in [2.45, 2.75) is 19.8 Å². The molecule has 0 spiro atoms. The summed E-state index contributed by atoms with van der Waals surface area (Å²) in [4.78, 5) is 0. The van der Waals surface area contributed by atoms with Gasteiger partial charge in [0, 0.05) is 6.54 Å². The van der Waals surface area contributed by atoms with E-state index >= 15 is 0 Å². The van der Waals surface area contributed by atoms with Gasteiger partial charge >= 0.3 is 0 Å². The Kier molecular flexibility index (Phi) is 2.95. The van der Waals surface area contributed by atoms with Gasteiger partial charge in [-0.05, 0) is 37.3 Å². The lowest BCUT2D eigenvalue weighted by Gasteiger charge is -2.07. The number of hydrogen-bond acceptors (Lipinski definition) is 2. The van der Waals surface area contributed by atoms with Gasteiger partial charge in [-0.15, -0.1) is 0 Å². The van der Waals surface area contributed by atoms with E-state index in [1.54, 1.807) is 0 Å². The lowest BCUT2D eigenvalue weighted by molar-refractivity contribution is 0.596. The number of hydrogen-bond donors (Lipinski definition) is 2. The van der Waals surface area contributed by atoms with Gasteiger partial charge in [0.15, 0.2) is 0 Å². The predicted molar refractivity (Wildman–Crippen MR) is 63.3 cm³/mol. The van der Waals surface area contributed by atoms with Crippen LogP contribution < -0.4 is 11.1 Å². The third-order valence-corrected chi connectivity index (χ3v) is 2.87. The maximum absolute atomic E-state index is 5.67. The molecule has 1 aliphatic rings. The van der Waals surface area contributed by atoms with Crippen molar-refractivity contribution >= 4 is 0 Å². The number of rotatable bonds is 3. The van der Waals surface area contributed by atoms with E-state index in [4.69, 9.17) is 5.73 Å². The molecule has 1 aromatic carbocycles. The van der Waals surface area contributed by atoms with Crippen molar-refractivity contribution in [3.63, 3.8) is 0 Å². The molecular formula is C13H18N2. The largest absolute Gasteiger partial charge is 0.386 e. The molecule has 2 heteroatoms. The molecule has 1 heterocycles. The zero-order valence-corrected chi connectivity index (χ0v) is 9.16. The second-order valence-electron chi connectivity index (χ2n) is 4.29. The fourth-order valence-corrected chi connectivity index (χ4v) is 2.03. The van der Waals surface area contributed by atoms with E-state index in [1.165, 1.54) is 17.5 Å². The van der Waals surface area contributed by atoms with Crippen molar-refractivity contribution < 1.29 is 0 Å². The van der Waals surface area contributed by atoms with E-state index in [-0.39, 0.29) is 0 Å². The molecule has 0 aliphatic carbocycles. The van der Waals surface area contributed by atoms with Gasteiger partial charge in [0.25, 0.3) is 0 Å². The summed E-state index contributed by atoms with van der Waals surface area (Å²) in [6.07, 6.45) is 4.45. The first-order valence-corrected chi connectivity index (χ1v) is 5.51. The van der Waals surface area contributed by atoms with Gasteiger partial charge in [0.1, 0.15) is 0 Å². The highest BCUT2D eigenvalue weighted by molar-refractivity contribution is 5.22. The third kappa shape index (κ3) is 2.75. The molecule has 0 unspecified atom stereocenters. The molecule has 15 heavy (non-hydrogen) atoms. The summed E-state index contributed by atoms with van der Waals surface area (Å²) in [7, 11) is 0.